The summed E-state index contributed by atoms with van der Waals surface area (Å²) in [7, 11) is 0. The molecular formula is C18H30N4O8S. The molecule has 0 saturated carbocycles. The van der Waals surface area contributed by atoms with Crippen molar-refractivity contribution in [1.82, 2.24) is 15.5 Å². The van der Waals surface area contributed by atoms with Gasteiger partial charge in [0.15, 0.2) is 6.04 Å². The van der Waals surface area contributed by atoms with Crippen molar-refractivity contribution in [2.45, 2.75) is 62.9 Å². The number of carboxylic acid groups (broad SMARTS) is 2. The summed E-state index contributed by atoms with van der Waals surface area (Å²) >= 11 is 1.48. The maximum absolute atomic E-state index is 13.0. The molecule has 31 heavy (non-hydrogen) atoms. The minimum absolute atomic E-state index is 0.133. The summed E-state index contributed by atoms with van der Waals surface area (Å²) < 4.78 is 0. The van der Waals surface area contributed by atoms with E-state index in [2.05, 4.69) is 10.6 Å². The topological polar surface area (TPSA) is 199 Å². The molecule has 1 rings (SSSR count). The second-order valence-electron chi connectivity index (χ2n) is 7.30. The van der Waals surface area contributed by atoms with Crippen LogP contribution in [0.3, 0.4) is 0 Å². The summed E-state index contributed by atoms with van der Waals surface area (Å²) in [6, 6.07) is -4.96. The van der Waals surface area contributed by atoms with Gasteiger partial charge in [-0.1, -0.05) is 0 Å². The highest BCUT2D eigenvalue weighted by atomic mass is 32.2. The van der Waals surface area contributed by atoms with Crippen molar-refractivity contribution in [2.75, 3.05) is 18.6 Å². The van der Waals surface area contributed by atoms with E-state index in [9.17, 15) is 29.1 Å². The Morgan fingerprint density at radius 2 is 1.84 bits per heavy atom. The predicted molar refractivity (Wildman–Crippen MR) is 111 cm³/mol. The molecule has 0 aromatic rings. The molecule has 5 unspecified atom stereocenters. The largest absolute Gasteiger partial charge is 0.481 e. The molecule has 1 aliphatic rings. The molecule has 0 aromatic heterocycles. The van der Waals surface area contributed by atoms with E-state index in [0.29, 0.717) is 18.6 Å². The molecule has 176 valence electrons. The normalized spacial score (nSPS) is 19.7. The average molecular weight is 463 g/mol. The fourth-order valence-electron chi connectivity index (χ4n) is 3.17. The molecule has 1 aliphatic heterocycles. The van der Waals surface area contributed by atoms with Crippen LogP contribution in [0.5, 0.6) is 0 Å². The highest BCUT2D eigenvalue weighted by Gasteiger charge is 2.40. The third kappa shape index (κ3) is 7.99. The zero-order chi connectivity index (χ0) is 23.7. The number of aliphatic hydroxyl groups is 1. The number of carbonyl (C=O) groups is 5. The second kappa shape index (κ2) is 12.5. The molecule has 7 N–H and O–H groups in total. The Balaban J connectivity index is 2.94. The van der Waals surface area contributed by atoms with E-state index in [0.717, 1.165) is 4.90 Å². The Morgan fingerprint density at radius 3 is 2.35 bits per heavy atom. The fraction of sp³-hybridized carbons (Fsp3) is 0.722. The van der Waals surface area contributed by atoms with Gasteiger partial charge in [-0.15, -0.1) is 0 Å². The number of aliphatic carboxylic acids is 2. The Hall–Kier alpha value is -2.38. The molecule has 0 spiro atoms. The fourth-order valence-corrected chi connectivity index (χ4v) is 3.66. The van der Waals surface area contributed by atoms with Gasteiger partial charge in [0.1, 0.15) is 12.1 Å². The minimum Gasteiger partial charge on any atom is -0.481 e. The Kier molecular flexibility index (Phi) is 10.7. The van der Waals surface area contributed by atoms with Crippen LogP contribution in [0.25, 0.3) is 0 Å². The summed E-state index contributed by atoms with van der Waals surface area (Å²) in [6.07, 6.45) is 0.768. The van der Waals surface area contributed by atoms with Crippen molar-refractivity contribution >= 4 is 41.4 Å². The van der Waals surface area contributed by atoms with E-state index < -0.39 is 66.4 Å². The predicted octanol–water partition coefficient (Wildman–Crippen LogP) is -2.03. The molecule has 1 saturated heterocycles. The van der Waals surface area contributed by atoms with E-state index in [4.69, 9.17) is 15.9 Å². The molecule has 3 amide bonds. The first-order valence-electron chi connectivity index (χ1n) is 9.78. The van der Waals surface area contributed by atoms with Gasteiger partial charge in [-0.3, -0.25) is 19.2 Å². The van der Waals surface area contributed by atoms with E-state index in [1.165, 1.54) is 18.7 Å². The van der Waals surface area contributed by atoms with Crippen LogP contribution in [0, 0.1) is 0 Å². The SMILES string of the molecule is CSCCC(N)C(=O)NC(CC(=O)O)C(=O)N1CCCC1C(=O)NC(C(=O)O)C(C)O. The number of rotatable bonds is 12. The van der Waals surface area contributed by atoms with E-state index >= 15 is 0 Å². The van der Waals surface area contributed by atoms with Gasteiger partial charge < -0.3 is 36.6 Å². The third-order valence-electron chi connectivity index (χ3n) is 4.85. The number of aliphatic hydroxyl groups excluding tert-OH is 1. The Labute approximate surface area is 183 Å². The van der Waals surface area contributed by atoms with Crippen molar-refractivity contribution in [3.05, 3.63) is 0 Å². The van der Waals surface area contributed by atoms with Gasteiger partial charge in [-0.05, 0) is 38.2 Å². The Morgan fingerprint density at radius 1 is 1.19 bits per heavy atom. The van der Waals surface area contributed by atoms with E-state index in [1.807, 2.05) is 6.26 Å². The molecule has 5 atom stereocenters. The number of carboxylic acids is 2. The lowest BCUT2D eigenvalue weighted by atomic mass is 10.1. The Bertz CT molecular complexity index is 689. The van der Waals surface area contributed by atoms with Crippen LogP contribution in [0.2, 0.25) is 0 Å². The number of nitrogens with one attached hydrogen (secondary N) is 2. The highest BCUT2D eigenvalue weighted by Crippen LogP contribution is 2.20. The van der Waals surface area contributed by atoms with Crippen LogP contribution in [-0.4, -0.2) is 98.7 Å². The van der Waals surface area contributed by atoms with Crippen LogP contribution in [-0.2, 0) is 24.0 Å². The molecule has 0 aromatic carbocycles. The van der Waals surface area contributed by atoms with Gasteiger partial charge in [0.05, 0.1) is 18.6 Å². The zero-order valence-electron chi connectivity index (χ0n) is 17.4. The lowest BCUT2D eigenvalue weighted by Gasteiger charge is -2.29. The maximum Gasteiger partial charge on any atom is 0.328 e. The van der Waals surface area contributed by atoms with Gasteiger partial charge in [0.2, 0.25) is 17.7 Å². The molecule has 1 fully saturated rings. The number of nitrogens with zero attached hydrogens (tertiary/aromatic N) is 1. The number of hydrogen-bond acceptors (Lipinski definition) is 8. The molecule has 0 bridgehead atoms. The first kappa shape index (κ1) is 26.7. The van der Waals surface area contributed by atoms with Crippen molar-refractivity contribution in [3.63, 3.8) is 0 Å². The average Bonchev–Trinajstić information content (AvgIpc) is 3.17. The van der Waals surface area contributed by atoms with Gasteiger partial charge in [-0.25, -0.2) is 4.79 Å². The number of thioether (sulfide) groups is 1. The summed E-state index contributed by atoms with van der Waals surface area (Å²) in [5.74, 6) is -4.38. The van der Waals surface area contributed by atoms with Crippen molar-refractivity contribution in [3.8, 4) is 0 Å². The van der Waals surface area contributed by atoms with Crippen molar-refractivity contribution < 1.29 is 39.3 Å². The standard InChI is InChI=1S/C18H30N4O8S/c1-9(23)14(18(29)30)21-16(27)12-4-3-6-22(12)17(28)11(8-13(24)25)20-15(26)10(19)5-7-31-2/h9-12,14,23H,3-8,19H2,1-2H3,(H,20,26)(H,21,27)(H,24,25)(H,29,30). The molecular weight excluding hydrogens is 432 g/mol. The smallest absolute Gasteiger partial charge is 0.328 e. The molecule has 12 nitrogen and oxygen atoms in total. The van der Waals surface area contributed by atoms with Gasteiger partial charge in [0, 0.05) is 6.54 Å². The lowest BCUT2D eigenvalue weighted by Crippen LogP contribution is -2.58. The summed E-state index contributed by atoms with van der Waals surface area (Å²) in [4.78, 5) is 61.4. The quantitative estimate of drug-likeness (QED) is 0.188. The molecule has 13 heteroatoms. The summed E-state index contributed by atoms with van der Waals surface area (Å²) in [5, 5.41) is 32.4. The minimum atomic E-state index is -1.56. The van der Waals surface area contributed by atoms with Crippen LogP contribution < -0.4 is 16.4 Å². The number of nitrogens with two attached hydrogens (primary N) is 1. The number of amides is 3. The lowest BCUT2D eigenvalue weighted by molar-refractivity contribution is -0.148. The van der Waals surface area contributed by atoms with E-state index in [-0.39, 0.29) is 13.0 Å². The van der Waals surface area contributed by atoms with Crippen LogP contribution in [0.15, 0.2) is 0 Å². The first-order chi connectivity index (χ1) is 14.5. The van der Waals surface area contributed by atoms with Gasteiger partial charge >= 0.3 is 11.9 Å². The first-order valence-corrected chi connectivity index (χ1v) is 11.2. The monoisotopic (exact) mass is 462 g/mol. The van der Waals surface area contributed by atoms with Crippen molar-refractivity contribution in [1.29, 1.82) is 0 Å². The molecule has 0 radical (unpaired) electrons. The summed E-state index contributed by atoms with van der Waals surface area (Å²) in [5.41, 5.74) is 5.78. The van der Waals surface area contributed by atoms with Gasteiger partial charge in [0.25, 0.3) is 0 Å². The number of likely N-dealkylation sites (tertiary alicyclic amines) is 1. The number of carbonyl (C=O) groups excluding carboxylic acids is 3. The third-order valence-corrected chi connectivity index (χ3v) is 5.49. The maximum atomic E-state index is 13.0. The number of hydrogen-bond donors (Lipinski definition) is 6. The molecule has 1 heterocycles. The van der Waals surface area contributed by atoms with Crippen LogP contribution >= 0.6 is 11.8 Å². The van der Waals surface area contributed by atoms with E-state index in [1.54, 1.807) is 0 Å². The highest BCUT2D eigenvalue weighted by molar-refractivity contribution is 7.98. The molecule has 0 aliphatic carbocycles. The van der Waals surface area contributed by atoms with Crippen LogP contribution in [0.4, 0.5) is 0 Å². The van der Waals surface area contributed by atoms with Gasteiger partial charge in [-0.2, -0.15) is 11.8 Å². The second-order valence-corrected chi connectivity index (χ2v) is 8.29. The summed E-state index contributed by atoms with van der Waals surface area (Å²) in [6.45, 7) is 1.34. The van der Waals surface area contributed by atoms with Crippen molar-refractivity contribution in [2.24, 2.45) is 5.73 Å². The zero-order valence-corrected chi connectivity index (χ0v) is 18.3. The van der Waals surface area contributed by atoms with Crippen LogP contribution in [0.1, 0.15) is 32.6 Å².